The minimum absolute atomic E-state index is 0.232. The van der Waals surface area contributed by atoms with Crippen molar-refractivity contribution >= 4 is 140 Å². The summed E-state index contributed by atoms with van der Waals surface area (Å²) in [6, 6.07) is 83.5. The van der Waals surface area contributed by atoms with Crippen molar-refractivity contribution in [1.82, 2.24) is 13.7 Å². The van der Waals surface area contributed by atoms with Gasteiger partial charge in [-0.2, -0.15) is 10.5 Å². The first-order chi connectivity index (χ1) is 40.4. The first-order valence-electron chi connectivity index (χ1n) is 27.7. The molecule has 5 aromatic heterocycles. The molecule has 0 N–H and O–H groups in total. The lowest BCUT2D eigenvalue weighted by atomic mass is 9.96. The van der Waals surface area contributed by atoms with E-state index >= 15 is 0 Å². The molecule has 82 heavy (non-hydrogen) atoms. The highest BCUT2D eigenvalue weighted by atomic mass is 32.1. The first kappa shape index (κ1) is 47.8. The Morgan fingerprint density at radius 2 is 0.878 bits per heavy atom. The Balaban J connectivity index is 1.20. The van der Waals surface area contributed by atoms with Gasteiger partial charge in [-0.15, -0.1) is 29.3 Å². The zero-order valence-corrected chi connectivity index (χ0v) is 46.5. The summed E-state index contributed by atoms with van der Waals surface area (Å²) < 4.78 is 11.5. The SMILES string of the molecule is C=CCc1ccc2c(sc3ccccc32)c1N(c1c(-n2c3ccccc3c3ccccc32)c(C#N)c(-n2c3ccc(-c4ccccc4)cc3c3ccc4c5ccccc5sc4c32)c(C#N)c1-n1c2ccccc2c2ccccc21)C(C)C. The number of benzene rings is 11. The third kappa shape index (κ3) is 6.71. The van der Waals surface area contributed by atoms with Gasteiger partial charge in [-0.05, 0) is 85.5 Å². The van der Waals surface area contributed by atoms with Gasteiger partial charge in [-0.3, -0.25) is 0 Å². The van der Waals surface area contributed by atoms with Gasteiger partial charge < -0.3 is 18.6 Å². The third-order valence-corrected chi connectivity index (χ3v) is 19.2. The van der Waals surface area contributed by atoms with Crippen LogP contribution in [0.2, 0.25) is 0 Å². The molecule has 6 nitrogen and oxygen atoms in total. The summed E-state index contributed by atoms with van der Waals surface area (Å²) in [6.45, 7) is 8.83. The highest BCUT2D eigenvalue weighted by Gasteiger charge is 2.37. The number of fused-ring (bicyclic) bond motifs is 16. The number of nitrogens with zero attached hydrogens (tertiary/aromatic N) is 6. The molecular weight excluding hydrogens is 1040 g/mol. The van der Waals surface area contributed by atoms with Gasteiger partial charge in [0, 0.05) is 69.3 Å². The minimum atomic E-state index is -0.232. The maximum atomic E-state index is 12.9. The Morgan fingerprint density at radius 1 is 0.427 bits per heavy atom. The van der Waals surface area contributed by atoms with Gasteiger partial charge in [0.1, 0.15) is 23.3 Å². The Kier molecular flexibility index (Phi) is 10.7. The summed E-state index contributed by atoms with van der Waals surface area (Å²) in [6.07, 6.45) is 2.58. The van der Waals surface area contributed by atoms with Crippen molar-refractivity contribution in [2.24, 2.45) is 0 Å². The molecule has 386 valence electrons. The van der Waals surface area contributed by atoms with Crippen molar-refractivity contribution < 1.29 is 0 Å². The fourth-order valence-corrected chi connectivity index (χ4v) is 16.0. The molecule has 0 aliphatic heterocycles. The van der Waals surface area contributed by atoms with Crippen molar-refractivity contribution in [3.8, 4) is 40.3 Å². The maximum Gasteiger partial charge on any atom is 0.104 e. The van der Waals surface area contributed by atoms with Gasteiger partial charge in [0.15, 0.2) is 0 Å². The molecule has 5 heterocycles. The summed E-state index contributed by atoms with van der Waals surface area (Å²) in [7, 11) is 0. The number of rotatable bonds is 9. The number of aromatic nitrogens is 3. The molecule has 0 fully saturated rings. The maximum absolute atomic E-state index is 12.9. The van der Waals surface area contributed by atoms with Gasteiger partial charge in [0.2, 0.25) is 0 Å². The number of anilines is 2. The molecule has 0 spiro atoms. The van der Waals surface area contributed by atoms with Crippen LogP contribution in [0.4, 0.5) is 11.4 Å². The van der Waals surface area contributed by atoms with Gasteiger partial charge >= 0.3 is 0 Å². The van der Waals surface area contributed by atoms with Gasteiger partial charge in [0.05, 0.1) is 70.9 Å². The van der Waals surface area contributed by atoms with E-state index in [2.05, 4.69) is 270 Å². The minimum Gasteiger partial charge on any atom is -0.334 e. The second kappa shape index (κ2) is 18.4. The van der Waals surface area contributed by atoms with E-state index in [9.17, 15) is 10.5 Å². The van der Waals surface area contributed by atoms with Crippen LogP contribution in [0.5, 0.6) is 0 Å². The number of hydrogen-bond donors (Lipinski definition) is 0. The van der Waals surface area contributed by atoms with Gasteiger partial charge in [0.25, 0.3) is 0 Å². The van der Waals surface area contributed by atoms with Crippen LogP contribution in [0.1, 0.15) is 30.5 Å². The van der Waals surface area contributed by atoms with Crippen LogP contribution < -0.4 is 4.90 Å². The van der Waals surface area contributed by atoms with E-state index in [-0.39, 0.29) is 6.04 Å². The van der Waals surface area contributed by atoms with Crippen LogP contribution in [0.15, 0.2) is 231 Å². The molecule has 0 aliphatic rings. The van der Waals surface area contributed by atoms with Crippen molar-refractivity contribution in [2.75, 3.05) is 4.90 Å². The van der Waals surface area contributed by atoms with E-state index in [1.54, 1.807) is 22.7 Å². The third-order valence-electron chi connectivity index (χ3n) is 16.8. The quantitative estimate of drug-likeness (QED) is 0.135. The summed E-state index contributed by atoms with van der Waals surface area (Å²) in [5.41, 5.74) is 13.3. The molecule has 0 radical (unpaired) electrons. The largest absolute Gasteiger partial charge is 0.334 e. The average molecular weight is 1090 g/mol. The fourth-order valence-electron chi connectivity index (χ4n) is 13.5. The molecule has 16 rings (SSSR count). The monoisotopic (exact) mass is 1080 g/mol. The summed E-state index contributed by atoms with van der Waals surface area (Å²) in [5, 5.41) is 36.7. The molecule has 16 aromatic rings. The van der Waals surface area contributed by atoms with Crippen molar-refractivity contribution in [2.45, 2.75) is 26.3 Å². The zero-order chi connectivity index (χ0) is 54.9. The Hall–Kier alpha value is -10.2. The van der Waals surface area contributed by atoms with Crippen molar-refractivity contribution in [1.29, 1.82) is 10.5 Å². The number of allylic oxidation sites excluding steroid dienone is 1. The van der Waals surface area contributed by atoms with Gasteiger partial charge in [-0.1, -0.05) is 176 Å². The number of para-hydroxylation sites is 4. The van der Waals surface area contributed by atoms with Crippen LogP contribution in [0, 0.1) is 22.7 Å². The highest BCUT2D eigenvalue weighted by Crippen LogP contribution is 2.54. The van der Waals surface area contributed by atoms with Crippen molar-refractivity contribution in [3.63, 3.8) is 0 Å². The number of nitriles is 2. The van der Waals surface area contributed by atoms with Crippen LogP contribution in [0.25, 0.3) is 134 Å². The molecule has 0 saturated carbocycles. The fraction of sp³-hybridized carbons (Fsp3) is 0.0541. The lowest BCUT2D eigenvalue weighted by Crippen LogP contribution is -2.30. The van der Waals surface area contributed by atoms with E-state index in [0.717, 1.165) is 119 Å². The lowest BCUT2D eigenvalue weighted by molar-refractivity contribution is 0.782. The highest BCUT2D eigenvalue weighted by molar-refractivity contribution is 7.27. The normalized spacial score (nSPS) is 12.0. The second-order valence-electron chi connectivity index (χ2n) is 21.5. The Labute approximate surface area is 480 Å². The second-order valence-corrected chi connectivity index (χ2v) is 23.6. The number of thiophene rings is 2. The van der Waals surface area contributed by atoms with E-state index in [0.29, 0.717) is 34.6 Å². The Bertz CT molecular complexity index is 5220. The summed E-state index contributed by atoms with van der Waals surface area (Å²) in [5.74, 6) is 0. The van der Waals surface area contributed by atoms with Crippen LogP contribution in [0.3, 0.4) is 0 Å². The molecule has 0 unspecified atom stereocenters. The van der Waals surface area contributed by atoms with Crippen LogP contribution >= 0.6 is 22.7 Å². The molecular formula is C74H48N6S2. The molecule has 0 aliphatic carbocycles. The van der Waals surface area contributed by atoms with E-state index in [4.69, 9.17) is 0 Å². The van der Waals surface area contributed by atoms with Gasteiger partial charge in [-0.25, -0.2) is 0 Å². The smallest absolute Gasteiger partial charge is 0.104 e. The lowest BCUT2D eigenvalue weighted by Gasteiger charge is -2.37. The van der Waals surface area contributed by atoms with E-state index in [1.165, 1.54) is 14.8 Å². The van der Waals surface area contributed by atoms with Crippen molar-refractivity contribution in [3.05, 3.63) is 248 Å². The standard InChI is InChI=1S/C74H48N6S2/c1-4-20-46-35-37-55-52-27-12-18-33-65(52)81-73(55)67(46)77(44(2)3)72-69(78-60-29-14-8-23-48(60)49-24-9-15-30-61(49)78)58(42-75)68(59(43-76)70(72)79-62-31-16-10-25-50(62)51-26-11-17-32-63(51)79)80-64-40-36-47(45-21-6-5-7-22-45)41-57(64)54-38-39-56-53-28-13-19-34-66(53)82-74(56)71(54)80/h4-19,21-41,44H,1,20H2,2-3H3. The predicted molar refractivity (Wildman–Crippen MR) is 348 cm³/mol. The molecule has 0 saturated heterocycles. The Morgan fingerprint density at radius 3 is 1.40 bits per heavy atom. The summed E-state index contributed by atoms with van der Waals surface area (Å²) >= 11 is 3.55. The van der Waals surface area contributed by atoms with E-state index < -0.39 is 0 Å². The average Bonchev–Trinajstić information content (AvgIpc) is 2.50. The van der Waals surface area contributed by atoms with Crippen LogP contribution in [-0.4, -0.2) is 19.7 Å². The molecule has 8 heteroatoms. The molecule has 0 bridgehead atoms. The zero-order valence-electron chi connectivity index (χ0n) is 44.9. The molecule has 11 aromatic carbocycles. The topological polar surface area (TPSA) is 65.6 Å². The van der Waals surface area contributed by atoms with Crippen LogP contribution in [-0.2, 0) is 6.42 Å². The summed E-state index contributed by atoms with van der Waals surface area (Å²) in [4.78, 5) is 2.47. The number of hydrogen-bond acceptors (Lipinski definition) is 5. The van der Waals surface area contributed by atoms with E-state index in [1.807, 2.05) is 6.08 Å². The molecule has 0 amide bonds. The first-order valence-corrected chi connectivity index (χ1v) is 29.4. The molecule has 0 atom stereocenters. The predicted octanol–water partition coefficient (Wildman–Crippen LogP) is 20.4.